The predicted molar refractivity (Wildman–Crippen MR) is 94.2 cm³/mol. The van der Waals surface area contributed by atoms with E-state index in [2.05, 4.69) is 10.3 Å². The van der Waals surface area contributed by atoms with Crippen LogP contribution in [0.4, 0.5) is 4.39 Å². The van der Waals surface area contributed by atoms with Crippen LogP contribution >= 0.6 is 0 Å². The van der Waals surface area contributed by atoms with Gasteiger partial charge in [0.15, 0.2) is 5.76 Å². The summed E-state index contributed by atoms with van der Waals surface area (Å²) in [6.45, 7) is 0.944. The number of hydrogen-bond donors (Lipinski definition) is 1. The lowest BCUT2D eigenvalue weighted by atomic mass is 10.0. The number of carbonyl (C=O) groups is 1. The molecule has 0 spiro atoms. The number of aliphatic hydroxyl groups excluding tert-OH is 1. The van der Waals surface area contributed by atoms with Gasteiger partial charge in [0, 0.05) is 18.7 Å². The number of amides is 1. The van der Waals surface area contributed by atoms with E-state index in [4.69, 9.17) is 9.52 Å². The van der Waals surface area contributed by atoms with Gasteiger partial charge >= 0.3 is 0 Å². The molecule has 8 heteroatoms. The number of likely N-dealkylation sites (tertiary alicyclic amines) is 1. The summed E-state index contributed by atoms with van der Waals surface area (Å²) in [5.41, 5.74) is 1.87. The van der Waals surface area contributed by atoms with Gasteiger partial charge in [0.1, 0.15) is 11.5 Å². The number of furan rings is 1. The Bertz CT molecular complexity index is 935. The third kappa shape index (κ3) is 3.48. The molecule has 3 heterocycles. The van der Waals surface area contributed by atoms with Gasteiger partial charge in [0.25, 0.3) is 5.91 Å². The first kappa shape index (κ1) is 17.4. The van der Waals surface area contributed by atoms with Crippen molar-refractivity contribution in [2.45, 2.75) is 25.5 Å². The Kier molecular flexibility index (Phi) is 4.72. The molecule has 1 fully saturated rings. The van der Waals surface area contributed by atoms with Crippen LogP contribution in [-0.2, 0) is 6.61 Å². The van der Waals surface area contributed by atoms with E-state index < -0.39 is 0 Å². The van der Waals surface area contributed by atoms with Gasteiger partial charge in [0.05, 0.1) is 25.1 Å². The number of nitrogens with zero attached hydrogens (tertiary/aromatic N) is 4. The Morgan fingerprint density at radius 2 is 2.11 bits per heavy atom. The zero-order chi connectivity index (χ0) is 18.8. The van der Waals surface area contributed by atoms with Crippen molar-refractivity contribution in [2.24, 2.45) is 0 Å². The number of carbonyl (C=O) groups excluding carboxylic acids is 1. The molecule has 4 rings (SSSR count). The SMILES string of the molecule is O=C(c1occc1-c1ccc(F)cc1)N1CCCC(n2cc(CO)nn2)C1. The first-order valence-electron chi connectivity index (χ1n) is 8.80. The van der Waals surface area contributed by atoms with Gasteiger partial charge in [-0.1, -0.05) is 17.3 Å². The number of piperidine rings is 1. The maximum atomic E-state index is 13.2. The van der Waals surface area contributed by atoms with E-state index in [0.717, 1.165) is 18.4 Å². The highest BCUT2D eigenvalue weighted by atomic mass is 19.1. The van der Waals surface area contributed by atoms with E-state index in [-0.39, 0.29) is 30.1 Å². The summed E-state index contributed by atoms with van der Waals surface area (Å²) in [7, 11) is 0. The second-order valence-corrected chi connectivity index (χ2v) is 6.57. The van der Waals surface area contributed by atoms with Gasteiger partial charge in [-0.05, 0) is 36.6 Å². The van der Waals surface area contributed by atoms with Gasteiger partial charge in [-0.25, -0.2) is 9.07 Å². The maximum Gasteiger partial charge on any atom is 0.290 e. The highest BCUT2D eigenvalue weighted by Crippen LogP contribution is 2.28. The summed E-state index contributed by atoms with van der Waals surface area (Å²) in [6.07, 6.45) is 4.88. The topological polar surface area (TPSA) is 84.4 Å². The average Bonchev–Trinajstić information content (AvgIpc) is 3.38. The summed E-state index contributed by atoms with van der Waals surface area (Å²) in [4.78, 5) is 14.8. The zero-order valence-electron chi connectivity index (χ0n) is 14.6. The van der Waals surface area contributed by atoms with E-state index in [9.17, 15) is 9.18 Å². The number of rotatable bonds is 4. The summed E-state index contributed by atoms with van der Waals surface area (Å²) in [5, 5.41) is 17.1. The van der Waals surface area contributed by atoms with E-state index in [1.165, 1.54) is 18.4 Å². The third-order valence-corrected chi connectivity index (χ3v) is 4.79. The molecule has 1 unspecified atom stereocenters. The fraction of sp³-hybridized carbons (Fsp3) is 0.316. The number of aromatic nitrogens is 3. The van der Waals surface area contributed by atoms with Gasteiger partial charge in [-0.3, -0.25) is 4.79 Å². The molecule has 140 valence electrons. The van der Waals surface area contributed by atoms with Crippen molar-refractivity contribution < 1.29 is 18.7 Å². The lowest BCUT2D eigenvalue weighted by molar-refractivity contribution is 0.0641. The van der Waals surface area contributed by atoms with Crippen molar-refractivity contribution in [3.8, 4) is 11.1 Å². The smallest absolute Gasteiger partial charge is 0.290 e. The molecular formula is C19H19FN4O3. The van der Waals surface area contributed by atoms with Crippen LogP contribution in [0.25, 0.3) is 11.1 Å². The second kappa shape index (κ2) is 7.32. The highest BCUT2D eigenvalue weighted by molar-refractivity contribution is 5.98. The Morgan fingerprint density at radius 1 is 1.30 bits per heavy atom. The van der Waals surface area contributed by atoms with Crippen LogP contribution in [0, 0.1) is 5.82 Å². The normalized spacial score (nSPS) is 17.3. The molecule has 1 aliphatic heterocycles. The first-order valence-corrected chi connectivity index (χ1v) is 8.80. The Morgan fingerprint density at radius 3 is 2.85 bits per heavy atom. The van der Waals surface area contributed by atoms with Crippen LogP contribution in [-0.4, -0.2) is 44.0 Å². The van der Waals surface area contributed by atoms with Crippen LogP contribution in [0.2, 0.25) is 0 Å². The van der Waals surface area contributed by atoms with Gasteiger partial charge in [0.2, 0.25) is 0 Å². The van der Waals surface area contributed by atoms with Crippen molar-refractivity contribution >= 4 is 5.91 Å². The van der Waals surface area contributed by atoms with E-state index in [0.29, 0.717) is 24.3 Å². The molecule has 1 aliphatic rings. The van der Waals surface area contributed by atoms with Gasteiger partial charge in [-0.15, -0.1) is 5.10 Å². The summed E-state index contributed by atoms with van der Waals surface area (Å²) < 4.78 is 20.4. The molecule has 1 amide bonds. The van der Waals surface area contributed by atoms with Crippen molar-refractivity contribution in [1.29, 1.82) is 0 Å². The van der Waals surface area contributed by atoms with Crippen molar-refractivity contribution in [2.75, 3.05) is 13.1 Å². The lowest BCUT2D eigenvalue weighted by Crippen LogP contribution is -2.40. The van der Waals surface area contributed by atoms with E-state index >= 15 is 0 Å². The number of halogens is 1. The monoisotopic (exact) mass is 370 g/mol. The average molecular weight is 370 g/mol. The fourth-order valence-electron chi connectivity index (χ4n) is 3.39. The summed E-state index contributed by atoms with van der Waals surface area (Å²) in [6, 6.07) is 7.68. The number of benzene rings is 1. The van der Waals surface area contributed by atoms with Crippen LogP contribution in [0.1, 0.15) is 35.1 Å². The standard InChI is InChI=1S/C19H19FN4O3/c20-14-5-3-13(4-6-14)17-7-9-27-18(17)19(26)23-8-1-2-16(11-23)24-10-15(12-25)21-22-24/h3-7,9-10,16,25H,1-2,8,11-12H2. The molecule has 1 N–H and O–H groups in total. The zero-order valence-corrected chi connectivity index (χ0v) is 14.6. The van der Waals surface area contributed by atoms with Crippen LogP contribution in [0.3, 0.4) is 0 Å². The van der Waals surface area contributed by atoms with Crippen LogP contribution in [0.5, 0.6) is 0 Å². The molecule has 0 saturated carbocycles. The van der Waals surface area contributed by atoms with Gasteiger partial charge < -0.3 is 14.4 Å². The van der Waals surface area contributed by atoms with Gasteiger partial charge in [-0.2, -0.15) is 0 Å². The van der Waals surface area contributed by atoms with Crippen molar-refractivity contribution in [1.82, 2.24) is 19.9 Å². The molecule has 7 nitrogen and oxygen atoms in total. The minimum Gasteiger partial charge on any atom is -0.459 e. The number of aliphatic hydroxyl groups is 1. The predicted octanol–water partition coefficient (Wildman–Crippen LogP) is 2.65. The Labute approximate surface area is 155 Å². The first-order chi connectivity index (χ1) is 13.2. The van der Waals surface area contributed by atoms with Crippen molar-refractivity contribution in [3.05, 3.63) is 60.1 Å². The minimum absolute atomic E-state index is 0.000247. The minimum atomic E-state index is -0.330. The van der Waals surface area contributed by atoms with E-state index in [1.54, 1.807) is 34.0 Å². The van der Waals surface area contributed by atoms with Crippen molar-refractivity contribution in [3.63, 3.8) is 0 Å². The molecule has 0 aliphatic carbocycles. The fourth-order valence-corrected chi connectivity index (χ4v) is 3.39. The third-order valence-electron chi connectivity index (χ3n) is 4.79. The molecular weight excluding hydrogens is 351 g/mol. The Balaban J connectivity index is 1.54. The highest BCUT2D eigenvalue weighted by Gasteiger charge is 2.29. The molecule has 2 aromatic heterocycles. The molecule has 3 aromatic rings. The molecule has 1 atom stereocenters. The largest absolute Gasteiger partial charge is 0.459 e. The molecule has 0 radical (unpaired) electrons. The van der Waals surface area contributed by atoms with E-state index in [1.807, 2.05) is 0 Å². The Hall–Kier alpha value is -3.00. The molecule has 0 bridgehead atoms. The summed E-state index contributed by atoms with van der Waals surface area (Å²) >= 11 is 0. The molecule has 1 saturated heterocycles. The second-order valence-electron chi connectivity index (χ2n) is 6.57. The quantitative estimate of drug-likeness (QED) is 0.763. The maximum absolute atomic E-state index is 13.2. The van der Waals surface area contributed by atoms with Crippen LogP contribution < -0.4 is 0 Å². The molecule has 27 heavy (non-hydrogen) atoms. The summed E-state index contributed by atoms with van der Waals surface area (Å²) in [5.74, 6) is -0.285. The molecule has 1 aromatic carbocycles. The van der Waals surface area contributed by atoms with Crippen LogP contribution in [0.15, 0.2) is 47.2 Å². The number of hydrogen-bond acceptors (Lipinski definition) is 5. The lowest BCUT2D eigenvalue weighted by Gasteiger charge is -2.32.